The quantitative estimate of drug-likeness (QED) is 0.708. The molecule has 1 atom stereocenters. The highest BCUT2D eigenvalue weighted by atomic mass is 35.5. The third-order valence-electron chi connectivity index (χ3n) is 3.33. The van der Waals surface area contributed by atoms with E-state index in [0.717, 1.165) is 21.4 Å². The zero-order chi connectivity index (χ0) is 13.4. The summed E-state index contributed by atoms with van der Waals surface area (Å²) in [5.41, 5.74) is 2.87. The molecule has 1 unspecified atom stereocenters. The van der Waals surface area contributed by atoms with Gasteiger partial charge in [-0.15, -0.1) is 11.3 Å². The number of benzene rings is 2. The highest BCUT2D eigenvalue weighted by Crippen LogP contribution is 2.33. The monoisotopic (exact) mass is 288 g/mol. The van der Waals surface area contributed by atoms with Crippen LogP contribution >= 0.6 is 22.9 Å². The van der Waals surface area contributed by atoms with E-state index < -0.39 is 6.10 Å². The summed E-state index contributed by atoms with van der Waals surface area (Å²) in [6, 6.07) is 13.7. The molecular formula is C16H13ClOS. The molecule has 0 saturated heterocycles. The molecule has 96 valence electrons. The number of hydrogen-bond donors (Lipinski definition) is 1. The van der Waals surface area contributed by atoms with Crippen LogP contribution in [0, 0.1) is 6.92 Å². The van der Waals surface area contributed by atoms with E-state index in [0.29, 0.717) is 5.02 Å². The van der Waals surface area contributed by atoms with Crippen molar-refractivity contribution in [2.75, 3.05) is 0 Å². The predicted molar refractivity (Wildman–Crippen MR) is 82.1 cm³/mol. The van der Waals surface area contributed by atoms with Crippen LogP contribution in [0.15, 0.2) is 47.8 Å². The van der Waals surface area contributed by atoms with Crippen LogP contribution in [0.25, 0.3) is 10.1 Å². The third-order valence-corrected chi connectivity index (χ3v) is 4.54. The Balaban J connectivity index is 2.13. The summed E-state index contributed by atoms with van der Waals surface area (Å²) in [6.45, 7) is 1.97. The van der Waals surface area contributed by atoms with Gasteiger partial charge in [-0.2, -0.15) is 0 Å². The second kappa shape index (κ2) is 4.97. The van der Waals surface area contributed by atoms with E-state index in [-0.39, 0.29) is 0 Å². The van der Waals surface area contributed by atoms with Crippen LogP contribution in [0.1, 0.15) is 22.8 Å². The molecule has 0 aliphatic rings. The van der Waals surface area contributed by atoms with Crippen molar-refractivity contribution >= 4 is 33.0 Å². The second-order valence-electron chi connectivity index (χ2n) is 4.59. The van der Waals surface area contributed by atoms with Crippen molar-refractivity contribution in [3.63, 3.8) is 0 Å². The van der Waals surface area contributed by atoms with E-state index in [2.05, 4.69) is 17.5 Å². The zero-order valence-corrected chi connectivity index (χ0v) is 12.0. The molecule has 1 heterocycles. The van der Waals surface area contributed by atoms with Crippen molar-refractivity contribution in [1.82, 2.24) is 0 Å². The minimum Gasteiger partial charge on any atom is -0.384 e. The van der Waals surface area contributed by atoms with E-state index in [1.54, 1.807) is 11.3 Å². The molecule has 0 fully saturated rings. The minimum atomic E-state index is -0.611. The largest absolute Gasteiger partial charge is 0.384 e. The molecule has 0 spiro atoms. The van der Waals surface area contributed by atoms with Gasteiger partial charge in [-0.1, -0.05) is 35.9 Å². The van der Waals surface area contributed by atoms with Gasteiger partial charge in [0, 0.05) is 15.3 Å². The zero-order valence-electron chi connectivity index (χ0n) is 10.4. The van der Waals surface area contributed by atoms with Gasteiger partial charge >= 0.3 is 0 Å². The topological polar surface area (TPSA) is 20.2 Å². The van der Waals surface area contributed by atoms with Crippen molar-refractivity contribution in [3.05, 3.63) is 69.6 Å². The Morgan fingerprint density at radius 3 is 2.74 bits per heavy atom. The van der Waals surface area contributed by atoms with Gasteiger partial charge in [-0.05, 0) is 47.0 Å². The Bertz CT molecular complexity index is 732. The SMILES string of the molecule is Cc1cc(Cl)ccc1C(O)c1cccc2ccsc12. The van der Waals surface area contributed by atoms with Crippen molar-refractivity contribution in [2.24, 2.45) is 0 Å². The summed E-state index contributed by atoms with van der Waals surface area (Å²) in [7, 11) is 0. The Kier molecular flexibility index (Phi) is 3.31. The van der Waals surface area contributed by atoms with Crippen LogP contribution in [-0.2, 0) is 0 Å². The molecule has 3 aromatic rings. The molecule has 0 amide bonds. The first kappa shape index (κ1) is 12.7. The van der Waals surface area contributed by atoms with Crippen LogP contribution in [0.5, 0.6) is 0 Å². The Hall–Kier alpha value is -1.35. The summed E-state index contributed by atoms with van der Waals surface area (Å²) in [5, 5.41) is 14.6. The van der Waals surface area contributed by atoms with Crippen LogP contribution in [0.3, 0.4) is 0 Å². The van der Waals surface area contributed by atoms with Crippen molar-refractivity contribution < 1.29 is 5.11 Å². The van der Waals surface area contributed by atoms with Crippen LogP contribution in [0.4, 0.5) is 0 Å². The highest BCUT2D eigenvalue weighted by Gasteiger charge is 2.16. The number of aliphatic hydroxyl groups excluding tert-OH is 1. The first-order valence-electron chi connectivity index (χ1n) is 6.07. The van der Waals surface area contributed by atoms with Crippen LogP contribution < -0.4 is 0 Å². The van der Waals surface area contributed by atoms with E-state index in [4.69, 9.17) is 11.6 Å². The van der Waals surface area contributed by atoms with Gasteiger partial charge in [-0.3, -0.25) is 0 Å². The van der Waals surface area contributed by atoms with Gasteiger partial charge in [0.15, 0.2) is 0 Å². The van der Waals surface area contributed by atoms with Gasteiger partial charge in [0.25, 0.3) is 0 Å². The third kappa shape index (κ3) is 2.27. The number of aliphatic hydroxyl groups is 1. The van der Waals surface area contributed by atoms with E-state index in [9.17, 15) is 5.11 Å². The summed E-state index contributed by atoms with van der Waals surface area (Å²) in [5.74, 6) is 0. The van der Waals surface area contributed by atoms with Crippen LogP contribution in [0.2, 0.25) is 5.02 Å². The van der Waals surface area contributed by atoms with Gasteiger partial charge in [-0.25, -0.2) is 0 Å². The fourth-order valence-corrected chi connectivity index (χ4v) is 3.51. The van der Waals surface area contributed by atoms with E-state index >= 15 is 0 Å². The van der Waals surface area contributed by atoms with Gasteiger partial charge in [0.2, 0.25) is 0 Å². The predicted octanol–water partition coefficient (Wildman–Crippen LogP) is 4.94. The summed E-state index contributed by atoms with van der Waals surface area (Å²) < 4.78 is 1.14. The normalized spacial score (nSPS) is 12.8. The van der Waals surface area contributed by atoms with Gasteiger partial charge < -0.3 is 5.11 Å². The highest BCUT2D eigenvalue weighted by molar-refractivity contribution is 7.17. The maximum Gasteiger partial charge on any atom is 0.106 e. The lowest BCUT2D eigenvalue weighted by molar-refractivity contribution is 0.221. The number of hydrogen-bond acceptors (Lipinski definition) is 2. The lowest BCUT2D eigenvalue weighted by Gasteiger charge is -2.15. The lowest BCUT2D eigenvalue weighted by atomic mass is 9.97. The van der Waals surface area contributed by atoms with Gasteiger partial charge in [0.1, 0.15) is 6.10 Å². The Morgan fingerprint density at radius 1 is 1.11 bits per heavy atom. The maximum absolute atomic E-state index is 10.6. The molecule has 19 heavy (non-hydrogen) atoms. The standard InChI is InChI=1S/C16H13ClOS/c1-10-9-12(17)5-6-13(10)15(18)14-4-2-3-11-7-8-19-16(11)14/h2-9,15,18H,1H3. The Morgan fingerprint density at radius 2 is 1.95 bits per heavy atom. The maximum atomic E-state index is 10.6. The number of thiophene rings is 1. The number of rotatable bonds is 2. The molecule has 2 aromatic carbocycles. The molecule has 3 rings (SSSR count). The Labute approximate surface area is 121 Å². The van der Waals surface area contributed by atoms with Crippen molar-refractivity contribution in [1.29, 1.82) is 0 Å². The molecule has 3 heteroatoms. The van der Waals surface area contributed by atoms with Crippen molar-refractivity contribution in [2.45, 2.75) is 13.0 Å². The molecule has 0 bridgehead atoms. The number of aryl methyl sites for hydroxylation is 1. The second-order valence-corrected chi connectivity index (χ2v) is 5.94. The van der Waals surface area contributed by atoms with E-state index in [1.165, 1.54) is 5.39 Å². The molecule has 1 nitrogen and oxygen atoms in total. The summed E-state index contributed by atoms with van der Waals surface area (Å²) in [4.78, 5) is 0. The van der Waals surface area contributed by atoms with E-state index in [1.807, 2.05) is 37.3 Å². The van der Waals surface area contributed by atoms with Crippen molar-refractivity contribution in [3.8, 4) is 0 Å². The smallest absolute Gasteiger partial charge is 0.106 e. The molecule has 1 N–H and O–H groups in total. The summed E-state index contributed by atoms with van der Waals surface area (Å²) >= 11 is 7.63. The fourth-order valence-electron chi connectivity index (χ4n) is 2.34. The average molecular weight is 289 g/mol. The minimum absolute atomic E-state index is 0.611. The first-order valence-corrected chi connectivity index (χ1v) is 7.33. The average Bonchev–Trinajstić information content (AvgIpc) is 2.86. The number of halogens is 1. The summed E-state index contributed by atoms with van der Waals surface area (Å²) in [6.07, 6.45) is -0.611. The molecule has 0 aliphatic heterocycles. The molecule has 0 radical (unpaired) electrons. The molecular weight excluding hydrogens is 276 g/mol. The first-order chi connectivity index (χ1) is 9.16. The van der Waals surface area contributed by atoms with Gasteiger partial charge in [0.05, 0.1) is 0 Å². The molecule has 1 aromatic heterocycles. The number of fused-ring (bicyclic) bond motifs is 1. The molecule has 0 saturated carbocycles. The van der Waals surface area contributed by atoms with Crippen LogP contribution in [-0.4, -0.2) is 5.11 Å². The molecule has 0 aliphatic carbocycles. The lowest BCUT2D eigenvalue weighted by Crippen LogP contribution is -2.02. The fraction of sp³-hybridized carbons (Fsp3) is 0.125.